The molecule has 0 aliphatic heterocycles. The highest BCUT2D eigenvalue weighted by Crippen LogP contribution is 2.26. The number of benzene rings is 1. The molecule has 1 aromatic carbocycles. The fourth-order valence-corrected chi connectivity index (χ4v) is 3.10. The quantitative estimate of drug-likeness (QED) is 0.731. The first-order chi connectivity index (χ1) is 9.74. The van der Waals surface area contributed by atoms with Crippen molar-refractivity contribution < 1.29 is 0 Å². The van der Waals surface area contributed by atoms with E-state index in [1.165, 1.54) is 23.4 Å². The van der Waals surface area contributed by atoms with Gasteiger partial charge in [0.15, 0.2) is 0 Å². The van der Waals surface area contributed by atoms with E-state index in [9.17, 15) is 0 Å². The van der Waals surface area contributed by atoms with Crippen LogP contribution in [0, 0.1) is 0 Å². The molecule has 120 valence electrons. The summed E-state index contributed by atoms with van der Waals surface area (Å²) in [5.41, 5.74) is 2.80. The number of nitrogens with one attached hydrogen (secondary N) is 1. The summed E-state index contributed by atoms with van der Waals surface area (Å²) in [7, 11) is 2.20. The highest BCUT2D eigenvalue weighted by atomic mass is 79.9. The van der Waals surface area contributed by atoms with E-state index in [2.05, 4.69) is 85.3 Å². The van der Waals surface area contributed by atoms with Gasteiger partial charge in [-0.25, -0.2) is 0 Å². The summed E-state index contributed by atoms with van der Waals surface area (Å²) >= 11 is 5.51. The molecule has 1 atom stereocenters. The number of thioether (sulfide) groups is 1. The van der Waals surface area contributed by atoms with Gasteiger partial charge in [0.2, 0.25) is 0 Å². The van der Waals surface area contributed by atoms with Crippen molar-refractivity contribution in [3.63, 3.8) is 0 Å². The first-order valence-corrected chi connectivity index (χ1v) is 9.68. The predicted octanol–water partition coefficient (Wildman–Crippen LogP) is 4.92. The summed E-state index contributed by atoms with van der Waals surface area (Å²) in [6.45, 7) is 9.80. The molecule has 1 rings (SSSR count). The first kappa shape index (κ1) is 18.9. The lowest BCUT2D eigenvalue weighted by Gasteiger charge is -2.30. The Morgan fingerprint density at radius 2 is 2.00 bits per heavy atom. The smallest absolute Gasteiger partial charge is 0.0412 e. The average molecular weight is 373 g/mol. The summed E-state index contributed by atoms with van der Waals surface area (Å²) < 4.78 is 1.14. The van der Waals surface area contributed by atoms with Crippen molar-refractivity contribution in [3.05, 3.63) is 28.2 Å². The van der Waals surface area contributed by atoms with Crippen molar-refractivity contribution >= 4 is 33.4 Å². The Balaban J connectivity index is 2.89. The van der Waals surface area contributed by atoms with E-state index in [4.69, 9.17) is 0 Å². The molecule has 0 radical (unpaired) electrons. The molecule has 0 bridgehead atoms. The molecule has 1 unspecified atom stereocenters. The van der Waals surface area contributed by atoms with Crippen molar-refractivity contribution in [1.29, 1.82) is 0 Å². The van der Waals surface area contributed by atoms with Crippen molar-refractivity contribution in [3.8, 4) is 0 Å². The van der Waals surface area contributed by atoms with E-state index < -0.39 is 0 Å². The highest BCUT2D eigenvalue weighted by Gasteiger charge is 2.16. The van der Waals surface area contributed by atoms with Crippen LogP contribution in [0.1, 0.15) is 39.7 Å². The van der Waals surface area contributed by atoms with Crippen molar-refractivity contribution in [2.24, 2.45) is 0 Å². The van der Waals surface area contributed by atoms with Crippen LogP contribution in [0.25, 0.3) is 0 Å². The van der Waals surface area contributed by atoms with Gasteiger partial charge >= 0.3 is 0 Å². The summed E-state index contributed by atoms with van der Waals surface area (Å²) in [5, 5.41) is 3.59. The zero-order chi connectivity index (χ0) is 16.0. The van der Waals surface area contributed by atoms with Gasteiger partial charge in [-0.15, -0.1) is 0 Å². The Labute approximate surface area is 143 Å². The molecular formula is C17H29BrN2S. The van der Waals surface area contributed by atoms with Gasteiger partial charge in [-0.3, -0.25) is 0 Å². The Kier molecular flexibility index (Phi) is 7.58. The number of nitrogens with zero attached hydrogens (tertiary/aromatic N) is 1. The largest absolute Gasteiger partial charge is 0.372 e. The third-order valence-electron chi connectivity index (χ3n) is 3.63. The van der Waals surface area contributed by atoms with Crippen LogP contribution in [0.4, 0.5) is 5.69 Å². The van der Waals surface area contributed by atoms with Crippen LogP contribution < -0.4 is 10.2 Å². The van der Waals surface area contributed by atoms with Gasteiger partial charge in [-0.05, 0) is 69.9 Å². The molecule has 2 nitrogen and oxygen atoms in total. The topological polar surface area (TPSA) is 15.3 Å². The lowest BCUT2D eigenvalue weighted by atomic mass is 10.1. The SMILES string of the molecule is CSCCC(C)N(C)c1ccc(Br)cc1CNC(C)(C)C. The minimum absolute atomic E-state index is 0.128. The van der Waals surface area contributed by atoms with E-state index in [0.29, 0.717) is 6.04 Å². The van der Waals surface area contributed by atoms with Gasteiger partial charge in [-0.1, -0.05) is 15.9 Å². The maximum Gasteiger partial charge on any atom is 0.0412 e. The Morgan fingerprint density at radius 3 is 2.57 bits per heavy atom. The molecule has 4 heteroatoms. The van der Waals surface area contributed by atoms with E-state index in [0.717, 1.165) is 11.0 Å². The molecule has 0 fully saturated rings. The fourth-order valence-electron chi connectivity index (χ4n) is 2.12. The average Bonchev–Trinajstić information content (AvgIpc) is 2.41. The lowest BCUT2D eigenvalue weighted by Crippen LogP contribution is -2.36. The zero-order valence-electron chi connectivity index (χ0n) is 14.2. The van der Waals surface area contributed by atoms with Crippen LogP contribution in [0.3, 0.4) is 0 Å². The monoisotopic (exact) mass is 372 g/mol. The van der Waals surface area contributed by atoms with Crippen LogP contribution in [0.5, 0.6) is 0 Å². The lowest BCUT2D eigenvalue weighted by molar-refractivity contribution is 0.424. The predicted molar refractivity (Wildman–Crippen MR) is 102 cm³/mol. The minimum Gasteiger partial charge on any atom is -0.372 e. The third-order valence-corrected chi connectivity index (χ3v) is 4.77. The highest BCUT2D eigenvalue weighted by molar-refractivity contribution is 9.10. The summed E-state index contributed by atoms with van der Waals surface area (Å²) in [5.74, 6) is 1.21. The molecule has 0 spiro atoms. The normalized spacial score (nSPS) is 13.3. The molecule has 0 aromatic heterocycles. The van der Waals surface area contributed by atoms with E-state index in [-0.39, 0.29) is 5.54 Å². The Hall–Kier alpha value is -0.190. The minimum atomic E-state index is 0.128. The molecule has 0 amide bonds. The van der Waals surface area contributed by atoms with Gasteiger partial charge in [-0.2, -0.15) is 11.8 Å². The van der Waals surface area contributed by atoms with Crippen LogP contribution in [-0.4, -0.2) is 30.6 Å². The molecule has 0 aliphatic rings. The van der Waals surface area contributed by atoms with E-state index in [1.54, 1.807) is 0 Å². The van der Waals surface area contributed by atoms with Crippen LogP contribution in [0.2, 0.25) is 0 Å². The van der Waals surface area contributed by atoms with E-state index >= 15 is 0 Å². The number of halogens is 1. The van der Waals surface area contributed by atoms with Gasteiger partial charge in [0.1, 0.15) is 0 Å². The summed E-state index contributed by atoms with van der Waals surface area (Å²) in [6, 6.07) is 7.13. The van der Waals surface area contributed by atoms with Crippen molar-refractivity contribution in [1.82, 2.24) is 5.32 Å². The molecule has 0 saturated carbocycles. The molecule has 21 heavy (non-hydrogen) atoms. The summed E-state index contributed by atoms with van der Waals surface area (Å²) in [4.78, 5) is 2.41. The number of anilines is 1. The van der Waals surface area contributed by atoms with Gasteiger partial charge < -0.3 is 10.2 Å². The summed E-state index contributed by atoms with van der Waals surface area (Å²) in [6.07, 6.45) is 3.38. The Morgan fingerprint density at radius 1 is 1.33 bits per heavy atom. The van der Waals surface area contributed by atoms with Crippen LogP contribution in [-0.2, 0) is 6.54 Å². The molecule has 0 heterocycles. The van der Waals surface area contributed by atoms with Crippen molar-refractivity contribution in [2.75, 3.05) is 24.0 Å². The molecule has 1 N–H and O–H groups in total. The number of hydrogen-bond acceptors (Lipinski definition) is 3. The standard InChI is InChI=1S/C17H29BrN2S/c1-13(9-10-21-6)20(5)16-8-7-15(18)11-14(16)12-19-17(2,3)4/h7-8,11,13,19H,9-10,12H2,1-6H3. The number of hydrogen-bond donors (Lipinski definition) is 1. The maximum absolute atomic E-state index is 3.60. The van der Waals surface area contributed by atoms with E-state index in [1.807, 2.05) is 11.8 Å². The van der Waals surface area contributed by atoms with Gasteiger partial charge in [0.25, 0.3) is 0 Å². The van der Waals surface area contributed by atoms with Crippen LogP contribution >= 0.6 is 27.7 Å². The second-order valence-corrected chi connectivity index (χ2v) is 8.52. The first-order valence-electron chi connectivity index (χ1n) is 7.50. The molecule has 0 aliphatic carbocycles. The number of rotatable bonds is 7. The molecule has 1 aromatic rings. The van der Waals surface area contributed by atoms with Gasteiger partial charge in [0, 0.05) is 35.3 Å². The fraction of sp³-hybridized carbons (Fsp3) is 0.647. The second-order valence-electron chi connectivity index (χ2n) is 6.62. The third kappa shape index (κ3) is 6.62. The Bertz CT molecular complexity index is 443. The molecule has 0 saturated heterocycles. The van der Waals surface area contributed by atoms with Crippen molar-refractivity contribution in [2.45, 2.75) is 52.2 Å². The second kappa shape index (κ2) is 8.44. The zero-order valence-corrected chi connectivity index (χ0v) is 16.6. The maximum atomic E-state index is 3.60. The van der Waals surface area contributed by atoms with Gasteiger partial charge in [0.05, 0.1) is 0 Å². The molecular weight excluding hydrogens is 344 g/mol. The van der Waals surface area contributed by atoms with Crippen LogP contribution in [0.15, 0.2) is 22.7 Å².